The van der Waals surface area contributed by atoms with Crippen LogP contribution in [0.3, 0.4) is 0 Å². The van der Waals surface area contributed by atoms with Crippen LogP contribution in [0, 0.1) is 5.82 Å². The van der Waals surface area contributed by atoms with Gasteiger partial charge in [0.15, 0.2) is 0 Å². The van der Waals surface area contributed by atoms with E-state index in [9.17, 15) is 17.6 Å². The second-order valence-electron chi connectivity index (χ2n) is 8.66. The molecule has 0 aliphatic carbocycles. The van der Waals surface area contributed by atoms with Crippen molar-refractivity contribution >= 4 is 15.7 Å². The monoisotopic (exact) mass is 479 g/mol. The number of aromatic nitrogens is 2. The molecule has 0 unspecified atom stereocenters. The van der Waals surface area contributed by atoms with Gasteiger partial charge >= 0.3 is 0 Å². The second-order valence-corrected chi connectivity index (χ2v) is 10.5. The fourth-order valence-electron chi connectivity index (χ4n) is 4.37. The first kappa shape index (κ1) is 23.8. The van der Waals surface area contributed by atoms with Crippen LogP contribution in [0.5, 0.6) is 0 Å². The van der Waals surface area contributed by atoms with E-state index in [4.69, 9.17) is 9.47 Å². The number of carbonyl (C=O) groups is 1. The number of halogens is 1. The lowest BCUT2D eigenvalue weighted by molar-refractivity contribution is -0.131. The molecule has 1 amide bonds. The Kier molecular flexibility index (Phi) is 7.45. The van der Waals surface area contributed by atoms with Crippen molar-refractivity contribution in [3.63, 3.8) is 0 Å². The molecule has 2 fully saturated rings. The zero-order chi connectivity index (χ0) is 23.4. The van der Waals surface area contributed by atoms with E-state index in [2.05, 4.69) is 4.98 Å². The predicted octanol–water partition coefficient (Wildman–Crippen LogP) is 2.70. The number of sulfone groups is 1. The number of nitrogens with zero attached hydrogens (tertiary/aromatic N) is 3. The number of imidazole rings is 1. The summed E-state index contributed by atoms with van der Waals surface area (Å²) in [5.41, 5.74) is 0.695. The zero-order valence-corrected chi connectivity index (χ0v) is 19.6. The van der Waals surface area contributed by atoms with Gasteiger partial charge in [0.1, 0.15) is 5.82 Å². The van der Waals surface area contributed by atoms with Gasteiger partial charge < -0.3 is 18.9 Å². The molecule has 180 valence electrons. The minimum absolute atomic E-state index is 0.0207. The van der Waals surface area contributed by atoms with Crippen LogP contribution in [-0.4, -0.2) is 60.7 Å². The molecule has 0 radical (unpaired) electrons. The molecule has 2 aliphatic heterocycles. The van der Waals surface area contributed by atoms with Gasteiger partial charge in [0.05, 0.1) is 42.9 Å². The highest BCUT2D eigenvalue weighted by atomic mass is 32.2. The fraction of sp³-hybridized carbons (Fsp3) is 0.565. The molecule has 2 aromatic rings. The molecule has 0 N–H and O–H groups in total. The first-order valence-electron chi connectivity index (χ1n) is 11.3. The Hall–Kier alpha value is -2.30. The Morgan fingerprint density at radius 3 is 2.52 bits per heavy atom. The number of hydrogen-bond acceptors (Lipinski definition) is 6. The van der Waals surface area contributed by atoms with Crippen LogP contribution in [0.4, 0.5) is 4.39 Å². The minimum Gasteiger partial charge on any atom is -0.376 e. The summed E-state index contributed by atoms with van der Waals surface area (Å²) in [6.07, 6.45) is 4.92. The van der Waals surface area contributed by atoms with Crippen LogP contribution in [0.15, 0.2) is 35.6 Å². The second kappa shape index (κ2) is 10.3. The summed E-state index contributed by atoms with van der Waals surface area (Å²) in [7, 11) is -3.94. The van der Waals surface area contributed by atoms with Crippen molar-refractivity contribution in [1.82, 2.24) is 14.5 Å². The van der Waals surface area contributed by atoms with E-state index < -0.39 is 21.4 Å². The molecular formula is C23H30FN3O5S. The average molecular weight is 480 g/mol. The van der Waals surface area contributed by atoms with Crippen LogP contribution >= 0.6 is 0 Å². The molecule has 1 aromatic carbocycles. The number of ether oxygens (including phenoxy) is 2. The highest BCUT2D eigenvalue weighted by Gasteiger charge is 2.29. The standard InChI is InChI=1S/C23H30FN3O5S/c1-17(28)26(14-20-7-4-10-31-20)13-19-12-25-23(27(19)15-21-8-5-11-32-21)33(29,30)16-18-6-2-3-9-22(18)24/h2-3,6,9,12,20-21H,4-5,7-8,10-11,13-16H2,1H3/t20-,21+/m0/s1. The van der Waals surface area contributed by atoms with Gasteiger partial charge in [-0.25, -0.2) is 17.8 Å². The molecule has 8 nitrogen and oxygen atoms in total. The summed E-state index contributed by atoms with van der Waals surface area (Å²) < 4.78 is 53.7. The lowest BCUT2D eigenvalue weighted by Gasteiger charge is -2.25. The van der Waals surface area contributed by atoms with Gasteiger partial charge in [-0.3, -0.25) is 4.79 Å². The molecule has 3 heterocycles. The van der Waals surface area contributed by atoms with Crippen LogP contribution in [0.1, 0.15) is 43.9 Å². The number of amides is 1. The third kappa shape index (κ3) is 5.80. The van der Waals surface area contributed by atoms with Crippen LogP contribution < -0.4 is 0 Å². The van der Waals surface area contributed by atoms with Gasteiger partial charge in [-0.15, -0.1) is 0 Å². The maximum atomic E-state index is 14.2. The molecule has 2 aliphatic rings. The smallest absolute Gasteiger partial charge is 0.228 e. The van der Waals surface area contributed by atoms with Crippen LogP contribution in [0.25, 0.3) is 0 Å². The van der Waals surface area contributed by atoms with Gasteiger partial charge in [-0.2, -0.15) is 0 Å². The van der Waals surface area contributed by atoms with E-state index in [0.717, 1.165) is 25.7 Å². The zero-order valence-electron chi connectivity index (χ0n) is 18.8. The molecule has 2 saturated heterocycles. The molecule has 10 heteroatoms. The number of rotatable bonds is 9. The van der Waals surface area contributed by atoms with Gasteiger partial charge in [0.2, 0.25) is 20.9 Å². The van der Waals surface area contributed by atoms with Crippen molar-refractivity contribution in [1.29, 1.82) is 0 Å². The molecule has 0 bridgehead atoms. The highest BCUT2D eigenvalue weighted by molar-refractivity contribution is 7.90. The van der Waals surface area contributed by atoms with Gasteiger partial charge in [-0.1, -0.05) is 18.2 Å². The quantitative estimate of drug-likeness (QED) is 0.549. The Bertz CT molecular complexity index is 1080. The number of hydrogen-bond donors (Lipinski definition) is 0. The Balaban J connectivity index is 1.62. The van der Waals surface area contributed by atoms with E-state index in [-0.39, 0.29) is 35.4 Å². The fourth-order valence-corrected chi connectivity index (χ4v) is 5.89. The summed E-state index contributed by atoms with van der Waals surface area (Å²) in [5.74, 6) is -1.18. The van der Waals surface area contributed by atoms with Crippen molar-refractivity contribution in [3.8, 4) is 0 Å². The number of benzene rings is 1. The average Bonchev–Trinajstić information content (AvgIpc) is 3.53. The summed E-state index contributed by atoms with van der Waals surface area (Å²) in [6.45, 7) is 3.77. The minimum atomic E-state index is -3.94. The third-order valence-electron chi connectivity index (χ3n) is 6.14. The molecular weight excluding hydrogens is 449 g/mol. The Morgan fingerprint density at radius 1 is 1.18 bits per heavy atom. The lowest BCUT2D eigenvalue weighted by atomic mass is 10.2. The van der Waals surface area contributed by atoms with Crippen molar-refractivity contribution in [2.75, 3.05) is 19.8 Å². The predicted molar refractivity (Wildman–Crippen MR) is 119 cm³/mol. The van der Waals surface area contributed by atoms with Crippen molar-refractivity contribution in [2.45, 2.75) is 68.8 Å². The third-order valence-corrected chi connectivity index (χ3v) is 7.71. The van der Waals surface area contributed by atoms with Crippen LogP contribution in [-0.2, 0) is 42.9 Å². The summed E-state index contributed by atoms with van der Waals surface area (Å²) in [6, 6.07) is 5.82. The largest absolute Gasteiger partial charge is 0.376 e. The van der Waals surface area contributed by atoms with Crippen molar-refractivity contribution < 1.29 is 27.1 Å². The molecule has 0 spiro atoms. The highest BCUT2D eigenvalue weighted by Crippen LogP contribution is 2.24. The van der Waals surface area contributed by atoms with E-state index in [1.807, 2.05) is 0 Å². The number of carbonyl (C=O) groups excluding carboxylic acids is 1. The molecule has 1 aromatic heterocycles. The van der Waals surface area contributed by atoms with Crippen molar-refractivity contribution in [2.24, 2.45) is 0 Å². The van der Waals surface area contributed by atoms with Gasteiger partial charge in [-0.05, 0) is 31.7 Å². The summed E-state index contributed by atoms with van der Waals surface area (Å²) in [4.78, 5) is 18.2. The lowest BCUT2D eigenvalue weighted by Crippen LogP contribution is -2.36. The maximum absolute atomic E-state index is 14.2. The Morgan fingerprint density at radius 2 is 1.88 bits per heavy atom. The topological polar surface area (TPSA) is 90.7 Å². The molecule has 33 heavy (non-hydrogen) atoms. The Labute approximate surface area is 193 Å². The SMILES string of the molecule is CC(=O)N(Cc1cnc(S(=O)(=O)Cc2ccccc2F)n1C[C@H]1CCCO1)C[C@@H]1CCCO1. The first-order chi connectivity index (χ1) is 15.8. The van der Waals surface area contributed by atoms with Crippen LogP contribution in [0.2, 0.25) is 0 Å². The summed E-state index contributed by atoms with van der Waals surface area (Å²) >= 11 is 0. The first-order valence-corrected chi connectivity index (χ1v) is 13.0. The van der Waals surface area contributed by atoms with Gasteiger partial charge in [0, 0.05) is 32.2 Å². The van der Waals surface area contributed by atoms with E-state index in [1.165, 1.54) is 31.3 Å². The van der Waals surface area contributed by atoms with Crippen molar-refractivity contribution in [3.05, 3.63) is 47.5 Å². The molecule has 4 rings (SSSR count). The van der Waals surface area contributed by atoms with E-state index in [0.29, 0.717) is 32.0 Å². The van der Waals surface area contributed by atoms with Gasteiger partial charge in [0.25, 0.3) is 0 Å². The molecule has 0 saturated carbocycles. The normalized spacial score (nSPS) is 20.9. The maximum Gasteiger partial charge on any atom is 0.228 e. The summed E-state index contributed by atoms with van der Waals surface area (Å²) in [5, 5.41) is -0.128. The molecule has 2 atom stereocenters. The van der Waals surface area contributed by atoms with E-state index >= 15 is 0 Å². The van der Waals surface area contributed by atoms with E-state index in [1.54, 1.807) is 15.5 Å².